The molecule has 0 unspecified atom stereocenters. The molecule has 3 heterocycles. The molecule has 2 aliphatic heterocycles. The zero-order valence-corrected chi connectivity index (χ0v) is 14.1. The molecule has 0 radical (unpaired) electrons. The summed E-state index contributed by atoms with van der Waals surface area (Å²) in [6.45, 7) is 3.95. The van der Waals surface area contributed by atoms with Crippen LogP contribution in [0.1, 0.15) is 56.2 Å². The fraction of sp³-hybridized carbons (Fsp3) is 0.765. The summed E-state index contributed by atoms with van der Waals surface area (Å²) in [5.74, 6) is 2.12. The van der Waals surface area contributed by atoms with Crippen LogP contribution in [0.3, 0.4) is 0 Å². The van der Waals surface area contributed by atoms with Crippen molar-refractivity contribution < 1.29 is 14.1 Å². The number of carbonyl (C=O) groups excluding carboxylic acids is 2. The van der Waals surface area contributed by atoms with E-state index in [0.29, 0.717) is 19.0 Å². The lowest BCUT2D eigenvalue weighted by Gasteiger charge is -2.34. The van der Waals surface area contributed by atoms with Gasteiger partial charge in [0.05, 0.1) is 0 Å². The second kappa shape index (κ2) is 6.18. The normalized spacial score (nSPS) is 25.3. The number of piperidine rings is 1. The molecule has 4 rings (SSSR count). The first-order valence-electron chi connectivity index (χ1n) is 9.03. The van der Waals surface area contributed by atoms with Crippen LogP contribution < -0.4 is 0 Å². The maximum atomic E-state index is 12.9. The third kappa shape index (κ3) is 2.91. The van der Waals surface area contributed by atoms with Gasteiger partial charge in [0.1, 0.15) is 6.04 Å². The van der Waals surface area contributed by atoms with Gasteiger partial charge in [-0.2, -0.15) is 4.98 Å². The Hall–Kier alpha value is -1.92. The third-order valence-corrected chi connectivity index (χ3v) is 5.46. The number of aryl methyl sites for hydroxylation is 1. The van der Waals surface area contributed by atoms with Gasteiger partial charge in [0, 0.05) is 38.4 Å². The molecule has 0 spiro atoms. The number of rotatable bonds is 3. The molecule has 1 aromatic heterocycles. The smallest absolute Gasteiger partial charge is 0.245 e. The third-order valence-electron chi connectivity index (χ3n) is 5.46. The molecule has 7 nitrogen and oxygen atoms in total. The van der Waals surface area contributed by atoms with E-state index in [1.165, 1.54) is 0 Å². The monoisotopic (exact) mass is 332 g/mol. The van der Waals surface area contributed by atoms with Crippen molar-refractivity contribution in [1.29, 1.82) is 0 Å². The molecule has 0 N–H and O–H groups in total. The highest BCUT2D eigenvalue weighted by molar-refractivity contribution is 5.90. The van der Waals surface area contributed by atoms with Gasteiger partial charge in [0.25, 0.3) is 0 Å². The van der Waals surface area contributed by atoms with Crippen molar-refractivity contribution in [3.63, 3.8) is 0 Å². The zero-order chi connectivity index (χ0) is 16.7. The Labute approximate surface area is 141 Å². The van der Waals surface area contributed by atoms with Crippen molar-refractivity contribution in [2.24, 2.45) is 5.92 Å². The van der Waals surface area contributed by atoms with E-state index in [1.807, 2.05) is 9.80 Å². The van der Waals surface area contributed by atoms with Crippen molar-refractivity contribution in [3.8, 4) is 0 Å². The molecule has 3 fully saturated rings. The lowest BCUT2D eigenvalue weighted by Crippen LogP contribution is -2.50. The number of nitrogens with zero attached hydrogens (tertiary/aromatic N) is 4. The number of hydrogen-bond donors (Lipinski definition) is 0. The van der Waals surface area contributed by atoms with Crippen LogP contribution in [0.2, 0.25) is 0 Å². The molecular formula is C17H24N4O3. The fourth-order valence-corrected chi connectivity index (χ4v) is 3.90. The number of carbonyl (C=O) groups is 2. The van der Waals surface area contributed by atoms with Crippen LogP contribution in [0.5, 0.6) is 0 Å². The van der Waals surface area contributed by atoms with E-state index in [4.69, 9.17) is 4.52 Å². The lowest BCUT2D eigenvalue weighted by atomic mass is 9.95. The molecule has 1 saturated carbocycles. The summed E-state index contributed by atoms with van der Waals surface area (Å²) in [5.41, 5.74) is 0. The van der Waals surface area contributed by atoms with Gasteiger partial charge in [0.15, 0.2) is 5.82 Å². The predicted molar refractivity (Wildman–Crippen MR) is 85.0 cm³/mol. The van der Waals surface area contributed by atoms with Gasteiger partial charge in [-0.25, -0.2) is 0 Å². The minimum Gasteiger partial charge on any atom is -0.341 e. The average molecular weight is 332 g/mol. The van der Waals surface area contributed by atoms with Crippen molar-refractivity contribution in [2.75, 3.05) is 19.6 Å². The minimum absolute atomic E-state index is 0.129. The van der Waals surface area contributed by atoms with Crippen molar-refractivity contribution >= 4 is 11.8 Å². The first-order valence-corrected chi connectivity index (χ1v) is 9.03. The summed E-state index contributed by atoms with van der Waals surface area (Å²) < 4.78 is 5.06. The molecule has 130 valence electrons. The molecule has 1 aliphatic carbocycles. The Kier molecular flexibility index (Phi) is 4.02. The van der Waals surface area contributed by atoms with Crippen LogP contribution in [0.25, 0.3) is 0 Å². The largest absolute Gasteiger partial charge is 0.341 e. The van der Waals surface area contributed by atoms with E-state index in [0.717, 1.165) is 50.9 Å². The maximum absolute atomic E-state index is 12.9. The Morgan fingerprint density at radius 2 is 1.79 bits per heavy atom. The second-order valence-corrected chi connectivity index (χ2v) is 7.24. The van der Waals surface area contributed by atoms with Gasteiger partial charge in [-0.05, 0) is 38.5 Å². The number of aromatic nitrogens is 2. The van der Waals surface area contributed by atoms with Crippen LogP contribution in [0, 0.1) is 12.8 Å². The molecular weight excluding hydrogens is 308 g/mol. The van der Waals surface area contributed by atoms with E-state index in [1.54, 1.807) is 6.92 Å². The summed E-state index contributed by atoms with van der Waals surface area (Å²) >= 11 is 0. The summed E-state index contributed by atoms with van der Waals surface area (Å²) in [4.78, 5) is 33.3. The molecule has 3 aliphatic rings. The second-order valence-electron chi connectivity index (χ2n) is 7.24. The predicted octanol–water partition coefficient (Wildman–Crippen LogP) is 1.49. The standard InChI is InChI=1S/C17H24N4O3/c1-11-18-15(19-24-11)12-6-9-20(10-7-12)17(23)14-3-2-8-21(14)16(22)13-4-5-13/h12-14H,2-10H2,1H3/t14-/m0/s1. The van der Waals surface area contributed by atoms with Crippen LogP contribution in [-0.2, 0) is 9.59 Å². The molecule has 7 heteroatoms. The van der Waals surface area contributed by atoms with Crippen LogP contribution in [-0.4, -0.2) is 57.4 Å². The Morgan fingerprint density at radius 1 is 1.04 bits per heavy atom. The van der Waals surface area contributed by atoms with E-state index in [2.05, 4.69) is 10.1 Å². The van der Waals surface area contributed by atoms with E-state index in [-0.39, 0.29) is 29.7 Å². The molecule has 0 aromatic carbocycles. The van der Waals surface area contributed by atoms with Gasteiger partial charge in [-0.15, -0.1) is 0 Å². The van der Waals surface area contributed by atoms with Gasteiger partial charge >= 0.3 is 0 Å². The van der Waals surface area contributed by atoms with Crippen LogP contribution in [0.4, 0.5) is 0 Å². The van der Waals surface area contributed by atoms with Gasteiger partial charge in [-0.3, -0.25) is 9.59 Å². The lowest BCUT2D eigenvalue weighted by molar-refractivity contribution is -0.145. The van der Waals surface area contributed by atoms with Crippen molar-refractivity contribution in [3.05, 3.63) is 11.7 Å². The number of hydrogen-bond acceptors (Lipinski definition) is 5. The summed E-state index contributed by atoms with van der Waals surface area (Å²) in [6, 6.07) is -0.234. The Morgan fingerprint density at radius 3 is 2.42 bits per heavy atom. The maximum Gasteiger partial charge on any atom is 0.245 e. The van der Waals surface area contributed by atoms with E-state index < -0.39 is 0 Å². The fourth-order valence-electron chi connectivity index (χ4n) is 3.90. The molecule has 2 saturated heterocycles. The topological polar surface area (TPSA) is 79.5 Å². The average Bonchev–Trinajstić information content (AvgIpc) is 3.17. The van der Waals surface area contributed by atoms with Crippen LogP contribution in [0.15, 0.2) is 4.52 Å². The zero-order valence-electron chi connectivity index (χ0n) is 14.1. The highest BCUT2D eigenvalue weighted by Crippen LogP contribution is 2.34. The molecule has 1 atom stereocenters. The summed E-state index contributed by atoms with van der Waals surface area (Å²) in [6.07, 6.45) is 5.44. The molecule has 24 heavy (non-hydrogen) atoms. The molecule has 0 bridgehead atoms. The van der Waals surface area contributed by atoms with Crippen LogP contribution >= 0.6 is 0 Å². The SMILES string of the molecule is Cc1nc(C2CCN(C(=O)[C@@H]3CCCN3C(=O)C3CC3)CC2)no1. The van der Waals surface area contributed by atoms with Gasteiger partial charge < -0.3 is 14.3 Å². The van der Waals surface area contributed by atoms with Gasteiger partial charge in [-0.1, -0.05) is 5.16 Å². The van der Waals surface area contributed by atoms with E-state index >= 15 is 0 Å². The highest BCUT2D eigenvalue weighted by Gasteiger charge is 2.42. The van der Waals surface area contributed by atoms with Gasteiger partial charge in [0.2, 0.25) is 17.7 Å². The first-order chi connectivity index (χ1) is 11.6. The highest BCUT2D eigenvalue weighted by atomic mass is 16.5. The summed E-state index contributed by atoms with van der Waals surface area (Å²) in [5, 5.41) is 4.01. The van der Waals surface area contributed by atoms with E-state index in [9.17, 15) is 9.59 Å². The summed E-state index contributed by atoms with van der Waals surface area (Å²) in [7, 11) is 0. The number of likely N-dealkylation sites (tertiary alicyclic amines) is 2. The molecule has 2 amide bonds. The quantitative estimate of drug-likeness (QED) is 0.838. The van der Waals surface area contributed by atoms with Crippen molar-refractivity contribution in [1.82, 2.24) is 19.9 Å². The van der Waals surface area contributed by atoms with Crippen molar-refractivity contribution in [2.45, 2.75) is 57.4 Å². The minimum atomic E-state index is -0.234. The molecule has 1 aromatic rings. The first kappa shape index (κ1) is 15.6. The number of amides is 2. The Balaban J connectivity index is 1.36. The Bertz CT molecular complexity index is 632.